The molecule has 0 heterocycles. The Morgan fingerprint density at radius 1 is 1.38 bits per heavy atom. The van der Waals surface area contributed by atoms with Gasteiger partial charge in [0.15, 0.2) is 5.41 Å². The molecule has 5 heteroatoms. The van der Waals surface area contributed by atoms with E-state index < -0.39 is 23.3 Å². The molecule has 0 aliphatic carbocycles. The van der Waals surface area contributed by atoms with Crippen LogP contribution in [0, 0.1) is 23.7 Å². The fourth-order valence-electron chi connectivity index (χ4n) is 1.42. The number of aldehydes is 1. The highest BCUT2D eigenvalue weighted by Crippen LogP contribution is 2.33. The van der Waals surface area contributed by atoms with Gasteiger partial charge in [0.25, 0.3) is 0 Å². The summed E-state index contributed by atoms with van der Waals surface area (Å²) < 4.78 is 9.04. The Morgan fingerprint density at radius 3 is 2.06 bits per heavy atom. The molecule has 0 radical (unpaired) electrons. The van der Waals surface area contributed by atoms with E-state index in [1.807, 2.05) is 0 Å². The molecule has 0 aromatic rings. The van der Waals surface area contributed by atoms with Crippen molar-refractivity contribution in [1.82, 2.24) is 0 Å². The van der Waals surface area contributed by atoms with E-state index in [9.17, 15) is 14.4 Å². The van der Waals surface area contributed by atoms with Gasteiger partial charge in [0, 0.05) is 12.3 Å². The van der Waals surface area contributed by atoms with Gasteiger partial charge in [-0.05, 0) is 6.92 Å². The molecule has 88 valence electrons. The number of carbonyl (C=O) groups excluding carboxylic acids is 3. The Hall–Kier alpha value is -1.83. The Balaban J connectivity index is 5.57. The van der Waals surface area contributed by atoms with Crippen molar-refractivity contribution < 1.29 is 23.9 Å². The molecule has 0 aromatic heterocycles. The average molecular weight is 226 g/mol. The first kappa shape index (κ1) is 14.2. The van der Waals surface area contributed by atoms with Crippen LogP contribution in [-0.4, -0.2) is 32.4 Å². The van der Waals surface area contributed by atoms with Gasteiger partial charge >= 0.3 is 11.9 Å². The average Bonchev–Trinajstić information content (AvgIpc) is 2.32. The Labute approximate surface area is 94.1 Å². The maximum atomic E-state index is 11.6. The number of terminal acetylenes is 1. The van der Waals surface area contributed by atoms with E-state index in [4.69, 9.17) is 6.42 Å². The molecule has 5 nitrogen and oxygen atoms in total. The van der Waals surface area contributed by atoms with Crippen molar-refractivity contribution in [2.24, 2.45) is 11.3 Å². The molecule has 0 aliphatic rings. The zero-order valence-corrected chi connectivity index (χ0v) is 9.48. The van der Waals surface area contributed by atoms with Crippen LogP contribution in [0.5, 0.6) is 0 Å². The van der Waals surface area contributed by atoms with E-state index in [0.29, 0.717) is 6.29 Å². The number of methoxy groups -OCH3 is 2. The third-order valence-electron chi connectivity index (χ3n) is 2.49. The number of ether oxygens (including phenoxy) is 2. The lowest BCUT2D eigenvalue weighted by Crippen LogP contribution is -2.46. The molecule has 1 atom stereocenters. The largest absolute Gasteiger partial charge is 0.468 e. The first-order valence-electron chi connectivity index (χ1n) is 4.57. The Morgan fingerprint density at radius 2 is 1.81 bits per heavy atom. The highest BCUT2D eigenvalue weighted by Gasteiger charge is 2.52. The maximum absolute atomic E-state index is 11.6. The molecule has 0 N–H and O–H groups in total. The van der Waals surface area contributed by atoms with Crippen LogP contribution in [0.15, 0.2) is 0 Å². The number of esters is 2. The minimum absolute atomic E-state index is 0.363. The molecule has 0 fully saturated rings. The molecular formula is C11H14O5. The standard InChI is InChI=1S/C11H14O5/c1-5-8(2)11(6-7-12,9(13)15-3)10(14)16-4/h1,7-8H,6H2,2-4H3/t8-/m0/s1. The number of carbonyl (C=O) groups is 3. The zero-order valence-electron chi connectivity index (χ0n) is 9.48. The highest BCUT2D eigenvalue weighted by molar-refractivity contribution is 6.02. The lowest BCUT2D eigenvalue weighted by atomic mass is 9.74. The van der Waals surface area contributed by atoms with Gasteiger partial charge in [0.1, 0.15) is 6.29 Å². The summed E-state index contributed by atoms with van der Waals surface area (Å²) >= 11 is 0. The van der Waals surface area contributed by atoms with Gasteiger partial charge < -0.3 is 14.3 Å². The predicted octanol–water partition coefficient (Wildman–Crippen LogP) is 0.177. The van der Waals surface area contributed by atoms with Gasteiger partial charge in [-0.25, -0.2) is 0 Å². The summed E-state index contributed by atoms with van der Waals surface area (Å²) in [5, 5.41) is 0. The van der Waals surface area contributed by atoms with E-state index in [-0.39, 0.29) is 6.42 Å². The van der Waals surface area contributed by atoms with Gasteiger partial charge in [-0.2, -0.15) is 0 Å². The number of hydrogen-bond acceptors (Lipinski definition) is 5. The van der Waals surface area contributed by atoms with Crippen molar-refractivity contribution in [2.45, 2.75) is 13.3 Å². The summed E-state index contributed by atoms with van der Waals surface area (Å²) in [5.74, 6) is -0.261. The summed E-state index contributed by atoms with van der Waals surface area (Å²) in [6, 6.07) is 0. The monoisotopic (exact) mass is 226 g/mol. The van der Waals surface area contributed by atoms with Crippen molar-refractivity contribution >= 4 is 18.2 Å². The minimum atomic E-state index is -1.75. The molecule has 0 unspecified atom stereocenters. The molecule has 0 amide bonds. The Bertz CT molecular complexity index is 310. The van der Waals surface area contributed by atoms with Gasteiger partial charge in [-0.3, -0.25) is 9.59 Å². The van der Waals surface area contributed by atoms with Gasteiger partial charge in [-0.1, -0.05) is 0 Å². The lowest BCUT2D eigenvalue weighted by molar-refractivity contribution is -0.172. The topological polar surface area (TPSA) is 69.7 Å². The molecule has 16 heavy (non-hydrogen) atoms. The second-order valence-electron chi connectivity index (χ2n) is 3.21. The number of hydrogen-bond donors (Lipinski definition) is 0. The maximum Gasteiger partial charge on any atom is 0.324 e. The Kier molecular flexibility index (Phi) is 5.23. The van der Waals surface area contributed by atoms with E-state index >= 15 is 0 Å². The fraction of sp³-hybridized carbons (Fsp3) is 0.545. The second-order valence-corrected chi connectivity index (χ2v) is 3.21. The molecule has 0 saturated heterocycles. The van der Waals surface area contributed by atoms with Crippen LogP contribution in [0.3, 0.4) is 0 Å². The van der Waals surface area contributed by atoms with Crippen molar-refractivity contribution in [1.29, 1.82) is 0 Å². The minimum Gasteiger partial charge on any atom is -0.468 e. The van der Waals surface area contributed by atoms with Crippen molar-refractivity contribution in [2.75, 3.05) is 14.2 Å². The quantitative estimate of drug-likeness (QED) is 0.289. The summed E-state index contributed by atoms with van der Waals surface area (Å²) in [6.07, 6.45) is 5.27. The molecular weight excluding hydrogens is 212 g/mol. The highest BCUT2D eigenvalue weighted by atomic mass is 16.5. The van der Waals surface area contributed by atoms with Crippen molar-refractivity contribution in [3.8, 4) is 12.3 Å². The van der Waals surface area contributed by atoms with Crippen LogP contribution in [0.25, 0.3) is 0 Å². The fourth-order valence-corrected chi connectivity index (χ4v) is 1.42. The second kappa shape index (κ2) is 5.91. The van der Waals surface area contributed by atoms with Crippen LogP contribution >= 0.6 is 0 Å². The normalized spacial score (nSPS) is 12.1. The molecule has 0 bridgehead atoms. The summed E-state index contributed by atoms with van der Waals surface area (Å²) in [6.45, 7) is 1.48. The van der Waals surface area contributed by atoms with Crippen molar-refractivity contribution in [3.05, 3.63) is 0 Å². The molecule has 0 rings (SSSR count). The van der Waals surface area contributed by atoms with Crippen LogP contribution < -0.4 is 0 Å². The van der Waals surface area contributed by atoms with Crippen LogP contribution in [0.2, 0.25) is 0 Å². The SMILES string of the molecule is C#C[C@H](C)C(CC=O)(C(=O)OC)C(=O)OC. The van der Waals surface area contributed by atoms with E-state index in [1.165, 1.54) is 6.92 Å². The summed E-state index contributed by atoms with van der Waals surface area (Å²) in [7, 11) is 2.24. The molecule has 0 spiro atoms. The molecule has 0 aromatic carbocycles. The third-order valence-corrected chi connectivity index (χ3v) is 2.49. The van der Waals surface area contributed by atoms with E-state index in [0.717, 1.165) is 14.2 Å². The van der Waals surface area contributed by atoms with Gasteiger partial charge in [0.05, 0.1) is 14.2 Å². The van der Waals surface area contributed by atoms with Crippen LogP contribution in [0.4, 0.5) is 0 Å². The van der Waals surface area contributed by atoms with Crippen LogP contribution in [-0.2, 0) is 23.9 Å². The van der Waals surface area contributed by atoms with Crippen LogP contribution in [0.1, 0.15) is 13.3 Å². The lowest BCUT2D eigenvalue weighted by Gasteiger charge is -2.29. The van der Waals surface area contributed by atoms with E-state index in [2.05, 4.69) is 15.4 Å². The van der Waals surface area contributed by atoms with Crippen molar-refractivity contribution in [3.63, 3.8) is 0 Å². The predicted molar refractivity (Wildman–Crippen MR) is 55.1 cm³/mol. The first-order valence-corrected chi connectivity index (χ1v) is 4.57. The molecule has 0 saturated carbocycles. The summed E-state index contributed by atoms with van der Waals surface area (Å²) in [4.78, 5) is 33.9. The molecule has 0 aliphatic heterocycles. The summed E-state index contributed by atoms with van der Waals surface area (Å²) in [5.41, 5.74) is -1.75. The van der Waals surface area contributed by atoms with Gasteiger partial charge in [0.2, 0.25) is 0 Å². The first-order chi connectivity index (χ1) is 7.50. The third kappa shape index (κ3) is 2.22. The number of rotatable bonds is 5. The smallest absolute Gasteiger partial charge is 0.324 e. The zero-order chi connectivity index (χ0) is 12.8. The van der Waals surface area contributed by atoms with Gasteiger partial charge in [-0.15, -0.1) is 12.3 Å². The van der Waals surface area contributed by atoms with E-state index in [1.54, 1.807) is 0 Å².